The van der Waals surface area contributed by atoms with Crippen LogP contribution < -0.4 is 10.6 Å². The van der Waals surface area contributed by atoms with Crippen molar-refractivity contribution in [1.82, 2.24) is 24.8 Å². The third-order valence-electron chi connectivity index (χ3n) is 8.72. The van der Waals surface area contributed by atoms with Crippen molar-refractivity contribution in [2.24, 2.45) is 0 Å². The molecule has 0 aliphatic heterocycles. The van der Waals surface area contributed by atoms with Gasteiger partial charge in [0.25, 0.3) is 0 Å². The maximum absolute atomic E-state index is 5.03. The number of nitrogens with zero attached hydrogens (tertiary/aromatic N) is 3. The Kier molecular flexibility index (Phi) is 7.88. The van der Waals surface area contributed by atoms with Gasteiger partial charge in [-0.25, -0.2) is 9.97 Å². The second kappa shape index (κ2) is 12.3. The molecule has 0 radical (unpaired) electrons. The number of anilines is 2. The highest BCUT2D eigenvalue weighted by molar-refractivity contribution is 6.21. The van der Waals surface area contributed by atoms with Gasteiger partial charge >= 0.3 is 0 Å². The van der Waals surface area contributed by atoms with E-state index in [1.54, 1.807) is 0 Å². The summed E-state index contributed by atoms with van der Waals surface area (Å²) in [4.78, 5) is 19.7. The molecule has 0 bridgehead atoms. The van der Waals surface area contributed by atoms with Crippen LogP contribution in [-0.2, 0) is 0 Å². The van der Waals surface area contributed by atoms with Gasteiger partial charge in [-0.15, -0.1) is 12.4 Å². The predicted octanol–water partition coefficient (Wildman–Crippen LogP) is 8.71. The molecular weight excluding hydrogens is 578 g/mol. The number of hydrogen-bond acceptors (Lipinski definition) is 5. The molecule has 4 aromatic carbocycles. The predicted molar refractivity (Wildman–Crippen MR) is 193 cm³/mol. The lowest BCUT2D eigenvalue weighted by atomic mass is 10.1. The van der Waals surface area contributed by atoms with Crippen LogP contribution in [0.2, 0.25) is 0 Å². The van der Waals surface area contributed by atoms with Crippen LogP contribution in [0.25, 0.3) is 65.4 Å². The van der Waals surface area contributed by atoms with Gasteiger partial charge in [-0.2, -0.15) is 0 Å². The average molecular weight is 614 g/mol. The molecule has 226 valence electrons. The van der Waals surface area contributed by atoms with Crippen molar-refractivity contribution in [2.45, 2.75) is 12.8 Å². The van der Waals surface area contributed by atoms with Crippen LogP contribution in [0.5, 0.6) is 0 Å². The first-order valence-corrected chi connectivity index (χ1v) is 15.5. The van der Waals surface area contributed by atoms with E-state index >= 15 is 0 Å². The number of aromatic nitrogens is 4. The summed E-state index contributed by atoms with van der Waals surface area (Å²) in [5, 5.41) is 14.4. The molecule has 0 amide bonds. The Morgan fingerprint density at radius 2 is 0.956 bits per heavy atom. The summed E-state index contributed by atoms with van der Waals surface area (Å²) in [5.41, 5.74) is 6.58. The SMILES string of the molecule is CN(CCCNc1nc2ccccc2c2[nH]c3ccccc3c12)CCCNc1nc2ccccc2c2[nH]c3ccccc3c12.Cl. The molecule has 0 unspecified atom stereocenters. The number of hydrogen-bond donors (Lipinski definition) is 4. The molecular formula is C37H36ClN7. The smallest absolute Gasteiger partial charge is 0.136 e. The quantitative estimate of drug-likeness (QED) is 0.116. The lowest BCUT2D eigenvalue weighted by Gasteiger charge is -2.17. The zero-order valence-electron chi connectivity index (χ0n) is 25.2. The molecule has 4 heterocycles. The van der Waals surface area contributed by atoms with Crippen LogP contribution in [0.3, 0.4) is 0 Å². The molecule has 8 rings (SSSR count). The van der Waals surface area contributed by atoms with Gasteiger partial charge in [-0.3, -0.25) is 0 Å². The second-order valence-electron chi connectivity index (χ2n) is 11.7. The van der Waals surface area contributed by atoms with Gasteiger partial charge in [0.2, 0.25) is 0 Å². The van der Waals surface area contributed by atoms with Crippen molar-refractivity contribution >= 4 is 89.5 Å². The van der Waals surface area contributed by atoms with E-state index in [1.165, 1.54) is 21.5 Å². The monoisotopic (exact) mass is 613 g/mol. The normalized spacial score (nSPS) is 11.8. The van der Waals surface area contributed by atoms with Gasteiger partial charge in [0.1, 0.15) is 11.6 Å². The van der Waals surface area contributed by atoms with Crippen LogP contribution in [0, 0.1) is 0 Å². The van der Waals surface area contributed by atoms with E-state index in [2.05, 4.69) is 130 Å². The maximum atomic E-state index is 5.03. The fourth-order valence-electron chi connectivity index (χ4n) is 6.58. The Morgan fingerprint density at radius 3 is 1.42 bits per heavy atom. The van der Waals surface area contributed by atoms with Gasteiger partial charge < -0.3 is 25.5 Å². The fraction of sp³-hybridized carbons (Fsp3) is 0.189. The van der Waals surface area contributed by atoms with Crippen molar-refractivity contribution in [2.75, 3.05) is 43.9 Å². The highest BCUT2D eigenvalue weighted by Crippen LogP contribution is 2.36. The van der Waals surface area contributed by atoms with E-state index in [9.17, 15) is 0 Å². The summed E-state index contributed by atoms with van der Waals surface area (Å²) in [5.74, 6) is 1.91. The number of fused-ring (bicyclic) bond motifs is 10. The Morgan fingerprint density at radius 1 is 0.556 bits per heavy atom. The summed E-state index contributed by atoms with van der Waals surface area (Å²) >= 11 is 0. The molecule has 0 saturated heterocycles. The Balaban J connectivity index is 0.00000325. The van der Waals surface area contributed by atoms with E-state index in [4.69, 9.17) is 9.97 Å². The van der Waals surface area contributed by atoms with Crippen LogP contribution in [0.1, 0.15) is 12.8 Å². The van der Waals surface area contributed by atoms with Gasteiger partial charge in [-0.1, -0.05) is 72.8 Å². The van der Waals surface area contributed by atoms with Crippen molar-refractivity contribution < 1.29 is 0 Å². The molecule has 0 aliphatic carbocycles. The number of pyridine rings is 2. The highest BCUT2D eigenvalue weighted by Gasteiger charge is 2.15. The Bertz CT molecular complexity index is 2130. The second-order valence-corrected chi connectivity index (χ2v) is 11.7. The lowest BCUT2D eigenvalue weighted by Crippen LogP contribution is -2.24. The fourth-order valence-corrected chi connectivity index (χ4v) is 6.58. The number of H-pyrrole nitrogens is 2. The molecule has 45 heavy (non-hydrogen) atoms. The first-order chi connectivity index (χ1) is 21.7. The zero-order chi connectivity index (χ0) is 29.5. The first kappa shape index (κ1) is 28.9. The van der Waals surface area contributed by atoms with E-state index in [-0.39, 0.29) is 12.4 Å². The number of rotatable bonds is 10. The maximum Gasteiger partial charge on any atom is 0.136 e. The molecule has 8 aromatic rings. The minimum absolute atomic E-state index is 0. The Labute approximate surface area is 267 Å². The molecule has 0 aliphatic rings. The van der Waals surface area contributed by atoms with E-state index in [0.717, 1.165) is 94.5 Å². The molecule has 0 atom stereocenters. The van der Waals surface area contributed by atoms with Gasteiger partial charge in [0.15, 0.2) is 0 Å². The van der Waals surface area contributed by atoms with Gasteiger partial charge in [0.05, 0.1) is 32.8 Å². The minimum Gasteiger partial charge on any atom is -0.369 e. The van der Waals surface area contributed by atoms with Gasteiger partial charge in [0, 0.05) is 45.7 Å². The third kappa shape index (κ3) is 5.28. The highest BCUT2D eigenvalue weighted by atomic mass is 35.5. The molecule has 7 nitrogen and oxygen atoms in total. The molecule has 4 aromatic heterocycles. The summed E-state index contributed by atoms with van der Waals surface area (Å²) < 4.78 is 0. The van der Waals surface area contributed by atoms with Crippen LogP contribution in [0.15, 0.2) is 97.1 Å². The van der Waals surface area contributed by atoms with Crippen molar-refractivity contribution in [3.63, 3.8) is 0 Å². The minimum atomic E-state index is 0. The van der Waals surface area contributed by atoms with Crippen molar-refractivity contribution in [3.8, 4) is 0 Å². The zero-order valence-corrected chi connectivity index (χ0v) is 26.0. The van der Waals surface area contributed by atoms with Crippen molar-refractivity contribution in [3.05, 3.63) is 97.1 Å². The summed E-state index contributed by atoms with van der Waals surface area (Å²) in [6.07, 6.45) is 2.06. The number of benzene rings is 4. The van der Waals surface area contributed by atoms with E-state index < -0.39 is 0 Å². The van der Waals surface area contributed by atoms with Crippen LogP contribution in [-0.4, -0.2) is 58.1 Å². The topological polar surface area (TPSA) is 84.7 Å². The number of halogens is 1. The number of aromatic amines is 2. The Hall–Kier alpha value is -4.85. The van der Waals surface area contributed by atoms with E-state index in [0.29, 0.717) is 0 Å². The van der Waals surface area contributed by atoms with Crippen LogP contribution in [0.4, 0.5) is 11.6 Å². The first-order valence-electron chi connectivity index (χ1n) is 15.5. The third-order valence-corrected chi connectivity index (χ3v) is 8.72. The van der Waals surface area contributed by atoms with Crippen LogP contribution >= 0.6 is 12.4 Å². The molecule has 0 saturated carbocycles. The molecule has 0 spiro atoms. The van der Waals surface area contributed by atoms with Gasteiger partial charge in [-0.05, 0) is 57.2 Å². The standard InChI is InChI=1S/C37H35N7.ClH/c1-44(22-10-20-38-36-32-24-12-2-6-16-28(24)40-34(32)26-14-4-8-18-30(26)42-36)23-11-21-39-37-33-25-13-3-7-17-29(25)41-35(33)27-15-5-9-19-31(27)43-37;/h2-9,12-19,40-41H,10-11,20-23H2,1H3,(H,38,42)(H,39,43);1H. The average Bonchev–Trinajstić information content (AvgIpc) is 3.65. The number of nitrogens with one attached hydrogen (secondary N) is 4. The summed E-state index contributed by atoms with van der Waals surface area (Å²) in [7, 11) is 2.21. The largest absolute Gasteiger partial charge is 0.369 e. The lowest BCUT2D eigenvalue weighted by molar-refractivity contribution is 0.331. The molecule has 8 heteroatoms. The number of para-hydroxylation sites is 4. The summed E-state index contributed by atoms with van der Waals surface area (Å²) in [6.45, 7) is 3.75. The molecule has 0 fully saturated rings. The van der Waals surface area contributed by atoms with E-state index in [1.807, 2.05) is 0 Å². The van der Waals surface area contributed by atoms with Crippen molar-refractivity contribution in [1.29, 1.82) is 0 Å². The summed E-state index contributed by atoms with van der Waals surface area (Å²) in [6, 6.07) is 33.7. The molecule has 4 N–H and O–H groups in total.